The fourth-order valence-corrected chi connectivity index (χ4v) is 3.33. The first-order valence-electron chi connectivity index (χ1n) is 10.4. The zero-order valence-electron chi connectivity index (χ0n) is 18.9. The van der Waals surface area contributed by atoms with Gasteiger partial charge in [-0.25, -0.2) is 13.9 Å². The van der Waals surface area contributed by atoms with E-state index in [0.717, 1.165) is 18.2 Å². The van der Waals surface area contributed by atoms with Crippen LogP contribution in [0.3, 0.4) is 0 Å². The van der Waals surface area contributed by atoms with Crippen molar-refractivity contribution in [3.8, 4) is 17.0 Å². The number of nitrogens with one attached hydrogen (secondary N) is 2. The lowest BCUT2D eigenvalue weighted by atomic mass is 10.1. The number of anilines is 1. The second-order valence-electron chi connectivity index (χ2n) is 7.67. The van der Waals surface area contributed by atoms with Gasteiger partial charge in [0, 0.05) is 30.8 Å². The zero-order chi connectivity index (χ0) is 26.0. The van der Waals surface area contributed by atoms with Crippen molar-refractivity contribution in [1.82, 2.24) is 24.9 Å². The molecule has 186 valence electrons. The number of alkyl halides is 3. The van der Waals surface area contributed by atoms with Gasteiger partial charge >= 0.3 is 6.36 Å². The molecule has 13 heteroatoms. The Morgan fingerprint density at radius 1 is 1.14 bits per heavy atom. The molecule has 2 amide bonds. The molecule has 2 N–H and O–H groups in total. The molecule has 0 saturated heterocycles. The van der Waals surface area contributed by atoms with E-state index in [1.165, 1.54) is 29.9 Å². The number of aromatic nitrogens is 4. The number of amides is 2. The number of benzene rings is 1. The molecule has 36 heavy (non-hydrogen) atoms. The molecule has 0 atom stereocenters. The van der Waals surface area contributed by atoms with Crippen LogP contribution in [-0.2, 0) is 11.3 Å². The Morgan fingerprint density at radius 3 is 2.64 bits per heavy atom. The number of aryl methyl sites for hydroxylation is 1. The third-order valence-electron chi connectivity index (χ3n) is 4.94. The van der Waals surface area contributed by atoms with E-state index in [1.54, 1.807) is 19.1 Å². The Balaban J connectivity index is 1.54. The van der Waals surface area contributed by atoms with E-state index in [2.05, 4.69) is 30.4 Å². The number of hydrogen-bond donors (Lipinski definition) is 2. The van der Waals surface area contributed by atoms with E-state index in [0.29, 0.717) is 28.4 Å². The van der Waals surface area contributed by atoms with Crippen molar-refractivity contribution in [3.63, 3.8) is 0 Å². The maximum absolute atomic E-state index is 14.1. The Bertz CT molecular complexity index is 1470. The maximum Gasteiger partial charge on any atom is 0.573 e. The molecule has 3 heterocycles. The molecule has 0 aliphatic heterocycles. The summed E-state index contributed by atoms with van der Waals surface area (Å²) in [4.78, 5) is 32.5. The number of pyridine rings is 1. The van der Waals surface area contributed by atoms with Crippen LogP contribution in [0.5, 0.6) is 5.75 Å². The molecule has 0 saturated carbocycles. The van der Waals surface area contributed by atoms with E-state index in [-0.39, 0.29) is 23.6 Å². The number of ether oxygens (including phenoxy) is 1. The number of imidazole rings is 1. The Labute approximate surface area is 201 Å². The molecule has 4 rings (SSSR count). The summed E-state index contributed by atoms with van der Waals surface area (Å²) in [5, 5.41) is 9.47. The average Bonchev–Trinajstić information content (AvgIpc) is 3.19. The van der Waals surface area contributed by atoms with Crippen molar-refractivity contribution in [2.24, 2.45) is 0 Å². The van der Waals surface area contributed by atoms with Gasteiger partial charge in [0.05, 0.1) is 23.1 Å². The largest absolute Gasteiger partial charge is 0.573 e. The highest BCUT2D eigenvalue weighted by Gasteiger charge is 2.31. The van der Waals surface area contributed by atoms with E-state index in [9.17, 15) is 27.2 Å². The first-order valence-corrected chi connectivity index (χ1v) is 10.4. The molecule has 0 spiro atoms. The van der Waals surface area contributed by atoms with Crippen molar-refractivity contribution in [3.05, 3.63) is 71.4 Å². The topological polar surface area (TPSA) is 111 Å². The lowest BCUT2D eigenvalue weighted by Gasteiger charge is -2.12. The number of nitrogens with zero attached hydrogens (tertiary/aromatic N) is 4. The minimum atomic E-state index is -4.93. The van der Waals surface area contributed by atoms with Gasteiger partial charge in [-0.3, -0.25) is 14.6 Å². The summed E-state index contributed by atoms with van der Waals surface area (Å²) in [5.74, 6) is -1.97. The van der Waals surface area contributed by atoms with Crippen molar-refractivity contribution in [2.75, 3.05) is 5.32 Å². The second-order valence-corrected chi connectivity index (χ2v) is 7.67. The molecule has 0 radical (unpaired) electrons. The number of carbonyl (C=O) groups is 2. The molecule has 0 unspecified atom stereocenters. The third kappa shape index (κ3) is 5.74. The maximum atomic E-state index is 14.1. The van der Waals surface area contributed by atoms with Gasteiger partial charge in [-0.15, -0.1) is 13.2 Å². The van der Waals surface area contributed by atoms with Crippen molar-refractivity contribution in [1.29, 1.82) is 0 Å². The number of halogens is 4. The summed E-state index contributed by atoms with van der Waals surface area (Å²) in [6.07, 6.45) is -1.88. The zero-order valence-corrected chi connectivity index (χ0v) is 18.9. The number of carbonyl (C=O) groups excluding carboxylic acids is 2. The van der Waals surface area contributed by atoms with Gasteiger partial charge in [-0.1, -0.05) is 0 Å². The predicted octanol–water partition coefficient (Wildman–Crippen LogP) is 4.03. The number of fused-ring (bicyclic) bond motifs is 1. The van der Waals surface area contributed by atoms with E-state index < -0.39 is 23.8 Å². The van der Waals surface area contributed by atoms with Gasteiger partial charge in [0.1, 0.15) is 11.6 Å². The Kier molecular flexibility index (Phi) is 6.55. The summed E-state index contributed by atoms with van der Waals surface area (Å²) in [6, 6.07) is 7.41. The van der Waals surface area contributed by atoms with Crippen LogP contribution in [0.15, 0.2) is 48.8 Å². The fourth-order valence-electron chi connectivity index (χ4n) is 3.33. The van der Waals surface area contributed by atoms with E-state index >= 15 is 0 Å². The van der Waals surface area contributed by atoms with Gasteiger partial charge in [0.2, 0.25) is 5.91 Å². The van der Waals surface area contributed by atoms with Crippen molar-refractivity contribution < 1.29 is 31.9 Å². The summed E-state index contributed by atoms with van der Waals surface area (Å²) >= 11 is 0. The van der Waals surface area contributed by atoms with Crippen LogP contribution in [0.4, 0.5) is 23.4 Å². The first-order chi connectivity index (χ1) is 17.0. The van der Waals surface area contributed by atoms with E-state index in [4.69, 9.17) is 0 Å². The van der Waals surface area contributed by atoms with Gasteiger partial charge in [0.25, 0.3) is 5.91 Å². The first kappa shape index (κ1) is 24.6. The molecule has 0 fully saturated rings. The fraction of sp³-hybridized carbons (Fsp3) is 0.174. The van der Waals surface area contributed by atoms with Crippen LogP contribution in [0.2, 0.25) is 0 Å². The van der Waals surface area contributed by atoms with Crippen LogP contribution in [0, 0.1) is 12.7 Å². The van der Waals surface area contributed by atoms with Crippen LogP contribution < -0.4 is 15.4 Å². The monoisotopic (exact) mass is 502 g/mol. The lowest BCUT2D eigenvalue weighted by molar-refractivity contribution is -0.274. The van der Waals surface area contributed by atoms with Gasteiger partial charge < -0.3 is 15.4 Å². The predicted molar refractivity (Wildman–Crippen MR) is 120 cm³/mol. The van der Waals surface area contributed by atoms with Crippen LogP contribution in [-0.4, -0.2) is 37.8 Å². The standard InChI is InChI=1S/C23H18F4N6O3/c1-12-17(22(35)29-9-14-7-16(3-4-18(14)24)36-23(25,26)27)8-15(10-28-12)19-5-6-21-31-20(30-13(2)34)11-33(21)32-19/h3-8,10-11H,9H2,1-2H3,(H,29,35)(H,30,34). The normalized spacial score (nSPS) is 11.4. The molecule has 4 aromatic rings. The van der Waals surface area contributed by atoms with E-state index in [1.807, 2.05) is 0 Å². The molecule has 9 nitrogen and oxygen atoms in total. The molecule has 3 aromatic heterocycles. The Morgan fingerprint density at radius 2 is 1.92 bits per heavy atom. The number of hydrogen-bond acceptors (Lipinski definition) is 6. The summed E-state index contributed by atoms with van der Waals surface area (Å²) in [5.41, 5.74) is 1.80. The summed E-state index contributed by atoms with van der Waals surface area (Å²) in [7, 11) is 0. The van der Waals surface area contributed by atoms with Gasteiger partial charge in [-0.2, -0.15) is 5.10 Å². The molecular weight excluding hydrogens is 484 g/mol. The van der Waals surface area contributed by atoms with Gasteiger partial charge in [0.15, 0.2) is 11.5 Å². The quantitative estimate of drug-likeness (QED) is 0.386. The lowest BCUT2D eigenvalue weighted by Crippen LogP contribution is -2.25. The number of rotatable bonds is 6. The van der Waals surface area contributed by atoms with Gasteiger partial charge in [-0.05, 0) is 43.3 Å². The molecule has 0 bridgehead atoms. The van der Waals surface area contributed by atoms with Crippen LogP contribution in [0.1, 0.15) is 28.5 Å². The molecule has 1 aromatic carbocycles. The molecule has 0 aliphatic carbocycles. The average molecular weight is 502 g/mol. The highest BCUT2D eigenvalue weighted by Crippen LogP contribution is 2.25. The molecule has 0 aliphatic rings. The van der Waals surface area contributed by atoms with Crippen LogP contribution >= 0.6 is 0 Å². The highest BCUT2D eigenvalue weighted by atomic mass is 19.4. The Hall–Kier alpha value is -4.55. The third-order valence-corrected chi connectivity index (χ3v) is 4.94. The second kappa shape index (κ2) is 9.60. The minimum absolute atomic E-state index is 0.169. The summed E-state index contributed by atoms with van der Waals surface area (Å²) < 4.78 is 56.7. The summed E-state index contributed by atoms with van der Waals surface area (Å²) in [6.45, 7) is 2.58. The SMILES string of the molecule is CC(=O)Nc1cn2nc(-c3cnc(C)c(C(=O)NCc4cc(OC(F)(F)F)ccc4F)c3)ccc2n1. The van der Waals surface area contributed by atoms with Crippen LogP contribution in [0.25, 0.3) is 16.9 Å². The molecular formula is C23H18F4N6O3. The highest BCUT2D eigenvalue weighted by molar-refractivity contribution is 5.96. The van der Waals surface area contributed by atoms with Crippen molar-refractivity contribution >= 4 is 23.3 Å². The van der Waals surface area contributed by atoms with Crippen molar-refractivity contribution in [2.45, 2.75) is 26.8 Å². The smallest absolute Gasteiger partial charge is 0.406 e. The minimum Gasteiger partial charge on any atom is -0.406 e.